The van der Waals surface area contributed by atoms with Crippen LogP contribution in [0.4, 0.5) is 5.82 Å². The van der Waals surface area contributed by atoms with Gasteiger partial charge in [0.05, 0.1) is 11.9 Å². The molecule has 0 spiro atoms. The van der Waals surface area contributed by atoms with Gasteiger partial charge in [0.25, 0.3) is 0 Å². The fourth-order valence-corrected chi connectivity index (χ4v) is 6.22. The van der Waals surface area contributed by atoms with Crippen LogP contribution in [-0.2, 0) is 4.79 Å². The molecule has 0 aromatic carbocycles. The molecule has 0 saturated carbocycles. The van der Waals surface area contributed by atoms with Crippen LogP contribution in [0.1, 0.15) is 25.1 Å². The van der Waals surface area contributed by atoms with E-state index in [0.29, 0.717) is 12.5 Å². The minimum Gasteiger partial charge on any atom is -0.353 e. The smallest absolute Gasteiger partial charge is 0.236 e. The van der Waals surface area contributed by atoms with E-state index in [1.807, 2.05) is 11.8 Å². The Morgan fingerprint density at radius 1 is 1.03 bits per heavy atom. The molecule has 2 aliphatic rings. The van der Waals surface area contributed by atoms with E-state index >= 15 is 0 Å². The number of piperazine rings is 1. The third-order valence-corrected chi connectivity index (χ3v) is 7.83. The number of hydrogen-bond acceptors (Lipinski definition) is 7. The number of likely N-dealkylation sites (tertiary alicyclic amines) is 1. The first kappa shape index (κ1) is 19.9. The number of nitrogens with zero attached hydrogens (tertiary/aromatic N) is 5. The second-order valence-electron chi connectivity index (χ2n) is 8.11. The molecule has 8 heteroatoms. The van der Waals surface area contributed by atoms with Crippen LogP contribution in [0, 0.1) is 6.92 Å². The first-order valence-electron chi connectivity index (χ1n) is 10.7. The van der Waals surface area contributed by atoms with Gasteiger partial charge in [0.2, 0.25) is 5.91 Å². The van der Waals surface area contributed by atoms with Crippen molar-refractivity contribution >= 4 is 44.6 Å². The number of hydrogen-bond donors (Lipinski definition) is 0. The number of fused-ring (bicyclic) bond motifs is 1. The van der Waals surface area contributed by atoms with Crippen molar-refractivity contribution in [3.05, 3.63) is 28.7 Å². The summed E-state index contributed by atoms with van der Waals surface area (Å²) in [6.07, 6.45) is 3.55. The average Bonchev–Trinajstić information content (AvgIpc) is 3.44. The third-order valence-electron chi connectivity index (χ3n) is 6.05. The molecule has 5 heterocycles. The van der Waals surface area contributed by atoms with Crippen molar-refractivity contribution in [2.75, 3.05) is 50.7 Å². The molecule has 3 aromatic rings. The van der Waals surface area contributed by atoms with Crippen molar-refractivity contribution < 1.29 is 4.79 Å². The predicted molar refractivity (Wildman–Crippen MR) is 125 cm³/mol. The van der Waals surface area contributed by atoms with Crippen LogP contribution in [0.3, 0.4) is 0 Å². The topological polar surface area (TPSA) is 52.6 Å². The lowest BCUT2D eigenvalue weighted by Gasteiger charge is -2.37. The molecule has 30 heavy (non-hydrogen) atoms. The minimum absolute atomic E-state index is 0.293. The summed E-state index contributed by atoms with van der Waals surface area (Å²) in [5.41, 5.74) is 1.24. The van der Waals surface area contributed by atoms with Crippen molar-refractivity contribution in [2.24, 2.45) is 0 Å². The van der Waals surface area contributed by atoms with Gasteiger partial charge < -0.3 is 9.80 Å². The van der Waals surface area contributed by atoms with Gasteiger partial charge in [-0.3, -0.25) is 9.69 Å². The van der Waals surface area contributed by atoms with E-state index in [1.165, 1.54) is 22.2 Å². The molecule has 0 atom stereocenters. The standard InChI is InChI=1S/C22H27N5OS2/c1-16-23-21(20-17(15-30-22(20)24-16)18-6-5-13-29-18)27-11-9-25(10-12-27)14-19(28)26-7-3-2-4-8-26/h5-6,13,15H,2-4,7-12,14H2,1H3. The molecule has 0 unspecified atom stereocenters. The number of carbonyl (C=O) groups excluding carboxylic acids is 1. The monoisotopic (exact) mass is 441 g/mol. The number of rotatable bonds is 4. The zero-order valence-electron chi connectivity index (χ0n) is 17.3. The molecule has 2 fully saturated rings. The molecule has 0 bridgehead atoms. The molecule has 0 N–H and O–H groups in total. The highest BCUT2D eigenvalue weighted by Crippen LogP contribution is 2.40. The van der Waals surface area contributed by atoms with E-state index in [0.717, 1.165) is 68.6 Å². The van der Waals surface area contributed by atoms with Gasteiger partial charge in [-0.15, -0.1) is 22.7 Å². The predicted octanol–water partition coefficient (Wildman–Crippen LogP) is 3.86. The quantitative estimate of drug-likeness (QED) is 0.615. The van der Waals surface area contributed by atoms with Crippen LogP contribution in [0.25, 0.3) is 20.7 Å². The molecule has 5 rings (SSSR count). The van der Waals surface area contributed by atoms with Gasteiger partial charge in [-0.05, 0) is 37.6 Å². The fourth-order valence-electron chi connectivity index (χ4n) is 4.42. The highest BCUT2D eigenvalue weighted by atomic mass is 32.1. The molecule has 1 amide bonds. The Bertz CT molecular complexity index is 1020. The number of anilines is 1. The summed E-state index contributed by atoms with van der Waals surface area (Å²) < 4.78 is 0. The lowest BCUT2D eigenvalue weighted by atomic mass is 10.1. The normalized spacial score (nSPS) is 18.3. The zero-order chi connectivity index (χ0) is 20.5. The summed E-state index contributed by atoms with van der Waals surface area (Å²) in [4.78, 5) is 31.2. The molecule has 2 aliphatic heterocycles. The number of piperidine rings is 1. The lowest BCUT2D eigenvalue weighted by molar-refractivity contribution is -0.133. The Labute approximate surface area is 185 Å². The maximum absolute atomic E-state index is 12.6. The third kappa shape index (κ3) is 3.96. The molecule has 0 aliphatic carbocycles. The molecule has 6 nitrogen and oxygen atoms in total. The van der Waals surface area contributed by atoms with Crippen molar-refractivity contribution in [1.82, 2.24) is 19.8 Å². The van der Waals surface area contributed by atoms with Gasteiger partial charge in [0.1, 0.15) is 16.5 Å². The number of aromatic nitrogens is 2. The Balaban J connectivity index is 1.32. The van der Waals surface area contributed by atoms with Crippen LogP contribution in [0.5, 0.6) is 0 Å². The summed E-state index contributed by atoms with van der Waals surface area (Å²) in [6.45, 7) is 7.94. The summed E-state index contributed by atoms with van der Waals surface area (Å²) >= 11 is 3.46. The first-order chi connectivity index (χ1) is 14.7. The van der Waals surface area contributed by atoms with Gasteiger partial charge >= 0.3 is 0 Å². The molecule has 158 valence electrons. The van der Waals surface area contributed by atoms with Crippen molar-refractivity contribution in [1.29, 1.82) is 0 Å². The molecule has 2 saturated heterocycles. The van der Waals surface area contributed by atoms with Gasteiger partial charge in [0.15, 0.2) is 0 Å². The molecule has 3 aromatic heterocycles. The second-order valence-corrected chi connectivity index (χ2v) is 9.91. The van der Waals surface area contributed by atoms with Crippen LogP contribution in [0.2, 0.25) is 0 Å². The Morgan fingerprint density at radius 3 is 2.57 bits per heavy atom. The van der Waals surface area contributed by atoms with E-state index in [-0.39, 0.29) is 0 Å². The SMILES string of the molecule is Cc1nc(N2CCN(CC(=O)N3CCCCC3)CC2)c2c(-c3cccs3)csc2n1. The summed E-state index contributed by atoms with van der Waals surface area (Å²) in [5.74, 6) is 2.16. The van der Waals surface area contributed by atoms with Crippen LogP contribution in [-0.4, -0.2) is 71.5 Å². The first-order valence-corrected chi connectivity index (χ1v) is 12.5. The van der Waals surface area contributed by atoms with E-state index in [1.54, 1.807) is 22.7 Å². The highest BCUT2D eigenvalue weighted by molar-refractivity contribution is 7.18. The van der Waals surface area contributed by atoms with E-state index in [9.17, 15) is 4.79 Å². The Hall–Kier alpha value is -2.03. The lowest BCUT2D eigenvalue weighted by Crippen LogP contribution is -2.51. The summed E-state index contributed by atoms with van der Waals surface area (Å²) in [7, 11) is 0. The van der Waals surface area contributed by atoms with Gasteiger partial charge in [-0.2, -0.15) is 0 Å². The van der Waals surface area contributed by atoms with Crippen molar-refractivity contribution in [3.63, 3.8) is 0 Å². The van der Waals surface area contributed by atoms with E-state index < -0.39 is 0 Å². The van der Waals surface area contributed by atoms with E-state index in [2.05, 4.69) is 32.7 Å². The van der Waals surface area contributed by atoms with Crippen molar-refractivity contribution in [2.45, 2.75) is 26.2 Å². The van der Waals surface area contributed by atoms with Crippen LogP contribution >= 0.6 is 22.7 Å². The number of aryl methyl sites for hydroxylation is 1. The van der Waals surface area contributed by atoms with Crippen molar-refractivity contribution in [3.8, 4) is 10.4 Å². The Morgan fingerprint density at radius 2 is 1.83 bits per heavy atom. The van der Waals surface area contributed by atoms with Gasteiger partial charge in [-0.25, -0.2) is 9.97 Å². The molecule has 0 radical (unpaired) electrons. The molecular weight excluding hydrogens is 414 g/mol. The highest BCUT2D eigenvalue weighted by Gasteiger charge is 2.26. The van der Waals surface area contributed by atoms with Gasteiger partial charge in [0, 0.05) is 55.1 Å². The van der Waals surface area contributed by atoms with Gasteiger partial charge in [-0.1, -0.05) is 6.07 Å². The summed E-state index contributed by atoms with van der Waals surface area (Å²) in [6, 6.07) is 4.26. The zero-order valence-corrected chi connectivity index (χ0v) is 19.0. The average molecular weight is 442 g/mol. The molecular formula is C22H27N5OS2. The Kier molecular flexibility index (Phi) is 5.71. The largest absolute Gasteiger partial charge is 0.353 e. The van der Waals surface area contributed by atoms with Crippen LogP contribution in [0.15, 0.2) is 22.9 Å². The maximum atomic E-state index is 12.6. The maximum Gasteiger partial charge on any atom is 0.236 e. The number of thiophene rings is 2. The van der Waals surface area contributed by atoms with E-state index in [4.69, 9.17) is 9.97 Å². The fraction of sp³-hybridized carbons (Fsp3) is 0.500. The second kappa shape index (κ2) is 8.61. The minimum atomic E-state index is 0.293. The number of amides is 1. The number of carbonyl (C=O) groups is 1. The summed E-state index contributed by atoms with van der Waals surface area (Å²) in [5, 5.41) is 5.50. The van der Waals surface area contributed by atoms with Crippen LogP contribution < -0.4 is 4.90 Å².